The number of anilines is 1. The highest BCUT2D eigenvalue weighted by Crippen LogP contribution is 2.22. The second kappa shape index (κ2) is 5.96. The summed E-state index contributed by atoms with van der Waals surface area (Å²) in [5, 5.41) is 3.00. The van der Waals surface area contributed by atoms with Crippen molar-refractivity contribution in [1.82, 2.24) is 9.55 Å². The first-order chi connectivity index (χ1) is 9.54. The second-order valence-corrected chi connectivity index (χ2v) is 4.32. The van der Waals surface area contributed by atoms with Crippen molar-refractivity contribution in [2.24, 2.45) is 0 Å². The predicted octanol–water partition coefficient (Wildman–Crippen LogP) is 2.74. The molecule has 1 heterocycles. The summed E-state index contributed by atoms with van der Waals surface area (Å²) < 4.78 is 46.3. The minimum Gasteiger partial charge on any atom is -0.383 e. The van der Waals surface area contributed by atoms with E-state index in [0.29, 0.717) is 12.6 Å². The van der Waals surface area contributed by atoms with Gasteiger partial charge in [0.1, 0.15) is 0 Å². The standard InChI is InChI=1S/C13H14F3N3O/c1-8(7-20-2)18-13-17-5-6-19(13)10-4-3-9(14)11(15)12(10)16/h3-6,8H,7H2,1-2H3,(H,17,18). The highest BCUT2D eigenvalue weighted by molar-refractivity contribution is 5.43. The number of nitrogens with one attached hydrogen (secondary N) is 1. The Balaban J connectivity index is 2.35. The Labute approximate surface area is 114 Å². The van der Waals surface area contributed by atoms with Gasteiger partial charge in [-0.05, 0) is 19.1 Å². The SMILES string of the molecule is COCC(C)Nc1nccn1-c1ccc(F)c(F)c1F. The maximum Gasteiger partial charge on any atom is 0.207 e. The molecule has 0 saturated carbocycles. The fraction of sp³-hybridized carbons (Fsp3) is 0.308. The second-order valence-electron chi connectivity index (χ2n) is 4.32. The van der Waals surface area contributed by atoms with Crippen molar-refractivity contribution in [1.29, 1.82) is 0 Å². The molecule has 1 N–H and O–H groups in total. The molecule has 1 aromatic carbocycles. The quantitative estimate of drug-likeness (QED) is 0.859. The van der Waals surface area contributed by atoms with Gasteiger partial charge in [-0.15, -0.1) is 0 Å². The van der Waals surface area contributed by atoms with Gasteiger partial charge in [0.15, 0.2) is 17.5 Å². The van der Waals surface area contributed by atoms with Crippen molar-refractivity contribution in [3.8, 4) is 5.69 Å². The molecule has 1 unspecified atom stereocenters. The molecule has 0 radical (unpaired) electrons. The third-order valence-corrected chi connectivity index (χ3v) is 2.71. The monoisotopic (exact) mass is 285 g/mol. The molecule has 2 rings (SSSR count). The van der Waals surface area contributed by atoms with Crippen molar-refractivity contribution in [3.05, 3.63) is 42.0 Å². The van der Waals surface area contributed by atoms with Crippen LogP contribution in [0, 0.1) is 17.5 Å². The Morgan fingerprint density at radius 2 is 2.05 bits per heavy atom. The zero-order chi connectivity index (χ0) is 14.7. The molecule has 0 bridgehead atoms. The van der Waals surface area contributed by atoms with E-state index in [0.717, 1.165) is 12.1 Å². The number of aromatic nitrogens is 2. The number of benzene rings is 1. The molecular formula is C13H14F3N3O. The Morgan fingerprint density at radius 1 is 1.30 bits per heavy atom. The molecule has 1 aromatic heterocycles. The van der Waals surface area contributed by atoms with Crippen LogP contribution < -0.4 is 5.32 Å². The summed E-state index contributed by atoms with van der Waals surface area (Å²) >= 11 is 0. The average molecular weight is 285 g/mol. The summed E-state index contributed by atoms with van der Waals surface area (Å²) in [5.41, 5.74) is -0.117. The maximum absolute atomic E-state index is 13.8. The van der Waals surface area contributed by atoms with E-state index in [9.17, 15) is 13.2 Å². The molecule has 0 saturated heterocycles. The molecule has 0 fully saturated rings. The number of nitrogens with zero attached hydrogens (tertiary/aromatic N) is 2. The number of methoxy groups -OCH3 is 1. The highest BCUT2D eigenvalue weighted by atomic mass is 19.2. The van der Waals surface area contributed by atoms with Crippen molar-refractivity contribution < 1.29 is 17.9 Å². The van der Waals surface area contributed by atoms with Crippen LogP contribution in [-0.2, 0) is 4.74 Å². The van der Waals surface area contributed by atoms with E-state index in [1.165, 1.54) is 17.0 Å². The average Bonchev–Trinajstić information content (AvgIpc) is 2.84. The molecule has 7 heteroatoms. The third kappa shape index (κ3) is 2.77. The number of hydrogen-bond donors (Lipinski definition) is 1. The van der Waals surface area contributed by atoms with Crippen molar-refractivity contribution in [2.45, 2.75) is 13.0 Å². The molecule has 1 atom stereocenters. The first-order valence-corrected chi connectivity index (χ1v) is 5.97. The van der Waals surface area contributed by atoms with Gasteiger partial charge in [-0.3, -0.25) is 4.57 Å². The minimum absolute atomic E-state index is 0.0745. The van der Waals surface area contributed by atoms with Crippen LogP contribution in [0.5, 0.6) is 0 Å². The van der Waals surface area contributed by atoms with Crippen LogP contribution in [0.2, 0.25) is 0 Å². The van der Waals surface area contributed by atoms with Gasteiger partial charge >= 0.3 is 0 Å². The number of halogens is 3. The molecule has 2 aromatic rings. The van der Waals surface area contributed by atoms with Crippen LogP contribution in [0.1, 0.15) is 6.92 Å². The van der Waals surface area contributed by atoms with E-state index in [2.05, 4.69) is 10.3 Å². The number of rotatable bonds is 5. The first kappa shape index (κ1) is 14.4. The van der Waals surface area contributed by atoms with E-state index in [-0.39, 0.29) is 11.7 Å². The van der Waals surface area contributed by atoms with E-state index in [1.807, 2.05) is 6.92 Å². The highest BCUT2D eigenvalue weighted by Gasteiger charge is 2.17. The molecule has 108 valence electrons. The third-order valence-electron chi connectivity index (χ3n) is 2.71. The molecule has 4 nitrogen and oxygen atoms in total. The Hall–Kier alpha value is -2.02. The van der Waals surface area contributed by atoms with Gasteiger partial charge in [-0.1, -0.05) is 0 Å². The van der Waals surface area contributed by atoms with Gasteiger partial charge < -0.3 is 10.1 Å². The van der Waals surface area contributed by atoms with Crippen LogP contribution in [0.25, 0.3) is 5.69 Å². The lowest BCUT2D eigenvalue weighted by Crippen LogP contribution is -2.23. The van der Waals surface area contributed by atoms with Gasteiger partial charge in [-0.2, -0.15) is 0 Å². The van der Waals surface area contributed by atoms with Crippen molar-refractivity contribution in [2.75, 3.05) is 19.0 Å². The first-order valence-electron chi connectivity index (χ1n) is 5.97. The lowest BCUT2D eigenvalue weighted by Gasteiger charge is -2.15. The topological polar surface area (TPSA) is 39.1 Å². The largest absolute Gasteiger partial charge is 0.383 e. The van der Waals surface area contributed by atoms with Gasteiger partial charge in [0.25, 0.3) is 0 Å². The van der Waals surface area contributed by atoms with Crippen LogP contribution in [0.3, 0.4) is 0 Å². The van der Waals surface area contributed by atoms with E-state index in [1.54, 1.807) is 7.11 Å². The molecule has 0 aliphatic heterocycles. The Bertz CT molecular complexity index is 601. The van der Waals surface area contributed by atoms with Crippen LogP contribution in [-0.4, -0.2) is 29.3 Å². The zero-order valence-corrected chi connectivity index (χ0v) is 11.0. The van der Waals surface area contributed by atoms with Gasteiger partial charge in [0.05, 0.1) is 12.3 Å². The summed E-state index contributed by atoms with van der Waals surface area (Å²) in [6.07, 6.45) is 2.89. The lowest BCUT2D eigenvalue weighted by atomic mass is 10.2. The fourth-order valence-corrected chi connectivity index (χ4v) is 1.82. The summed E-state index contributed by atoms with van der Waals surface area (Å²) in [7, 11) is 1.56. The fourth-order valence-electron chi connectivity index (χ4n) is 1.82. The zero-order valence-electron chi connectivity index (χ0n) is 11.0. The smallest absolute Gasteiger partial charge is 0.207 e. The molecule has 0 spiro atoms. The molecule has 0 amide bonds. The Morgan fingerprint density at radius 3 is 2.75 bits per heavy atom. The number of ether oxygens (including phenoxy) is 1. The van der Waals surface area contributed by atoms with Gasteiger partial charge in [0.2, 0.25) is 5.95 Å². The van der Waals surface area contributed by atoms with E-state index in [4.69, 9.17) is 4.74 Å². The molecule has 20 heavy (non-hydrogen) atoms. The summed E-state index contributed by atoms with van der Waals surface area (Å²) in [5.74, 6) is -3.68. The van der Waals surface area contributed by atoms with E-state index >= 15 is 0 Å². The maximum atomic E-state index is 13.8. The van der Waals surface area contributed by atoms with Crippen molar-refractivity contribution >= 4 is 5.95 Å². The molecule has 0 aliphatic rings. The molecular weight excluding hydrogens is 271 g/mol. The van der Waals surface area contributed by atoms with Gasteiger partial charge in [-0.25, -0.2) is 18.2 Å². The summed E-state index contributed by atoms with van der Waals surface area (Å²) in [6.45, 7) is 2.28. The summed E-state index contributed by atoms with van der Waals surface area (Å²) in [4.78, 5) is 4.02. The van der Waals surface area contributed by atoms with Crippen LogP contribution in [0.4, 0.5) is 19.1 Å². The predicted molar refractivity (Wildman–Crippen MR) is 68.4 cm³/mol. The minimum atomic E-state index is -1.51. The van der Waals surface area contributed by atoms with Gasteiger partial charge in [0, 0.05) is 25.5 Å². The van der Waals surface area contributed by atoms with Crippen LogP contribution in [0.15, 0.2) is 24.5 Å². The van der Waals surface area contributed by atoms with E-state index < -0.39 is 17.5 Å². The number of imidazole rings is 1. The Kier molecular flexibility index (Phi) is 4.29. The summed E-state index contributed by atoms with van der Waals surface area (Å²) in [6, 6.07) is 1.95. The normalized spacial score (nSPS) is 12.4. The number of hydrogen-bond acceptors (Lipinski definition) is 3. The van der Waals surface area contributed by atoms with Crippen molar-refractivity contribution in [3.63, 3.8) is 0 Å². The molecule has 0 aliphatic carbocycles. The van der Waals surface area contributed by atoms with Crippen LogP contribution >= 0.6 is 0 Å². The lowest BCUT2D eigenvalue weighted by molar-refractivity contribution is 0.190.